The van der Waals surface area contributed by atoms with E-state index in [0.717, 1.165) is 12.8 Å². The SMILES string of the molecule is CCCCOc1ccc(S(=O)(=O)NC(C(=O)OC)c2ccccc2)cc1. The van der Waals surface area contributed by atoms with Gasteiger partial charge in [-0.15, -0.1) is 0 Å². The van der Waals surface area contributed by atoms with E-state index in [0.29, 0.717) is 17.9 Å². The van der Waals surface area contributed by atoms with Crippen molar-refractivity contribution in [2.45, 2.75) is 30.7 Å². The molecule has 1 N–H and O–H groups in total. The van der Waals surface area contributed by atoms with Gasteiger partial charge in [0.05, 0.1) is 18.6 Å². The fraction of sp³-hybridized carbons (Fsp3) is 0.316. The summed E-state index contributed by atoms with van der Waals surface area (Å²) in [7, 11) is -2.69. The summed E-state index contributed by atoms with van der Waals surface area (Å²) in [6.45, 7) is 2.65. The molecule has 26 heavy (non-hydrogen) atoms. The lowest BCUT2D eigenvalue weighted by Gasteiger charge is -2.17. The molecule has 0 fully saturated rings. The third kappa shape index (κ3) is 5.31. The number of carbonyl (C=O) groups excluding carboxylic acids is 1. The minimum absolute atomic E-state index is 0.0465. The van der Waals surface area contributed by atoms with Crippen molar-refractivity contribution < 1.29 is 22.7 Å². The van der Waals surface area contributed by atoms with Gasteiger partial charge in [0, 0.05) is 0 Å². The number of sulfonamides is 1. The Balaban J connectivity index is 2.18. The Morgan fingerprint density at radius 1 is 1.08 bits per heavy atom. The van der Waals surface area contributed by atoms with Gasteiger partial charge in [0.1, 0.15) is 11.8 Å². The molecule has 0 aromatic heterocycles. The van der Waals surface area contributed by atoms with Crippen molar-refractivity contribution in [2.24, 2.45) is 0 Å². The molecule has 0 aliphatic heterocycles. The summed E-state index contributed by atoms with van der Waals surface area (Å²) >= 11 is 0. The molecule has 0 heterocycles. The number of unbranched alkanes of at least 4 members (excludes halogenated alkanes) is 1. The van der Waals surface area contributed by atoms with E-state index in [2.05, 4.69) is 11.6 Å². The second-order valence-electron chi connectivity index (χ2n) is 5.66. The minimum atomic E-state index is -3.91. The van der Waals surface area contributed by atoms with Crippen LogP contribution < -0.4 is 9.46 Å². The molecular formula is C19H23NO5S. The minimum Gasteiger partial charge on any atom is -0.494 e. The van der Waals surface area contributed by atoms with Gasteiger partial charge in [-0.1, -0.05) is 43.7 Å². The molecule has 0 saturated heterocycles. The molecule has 6 nitrogen and oxygen atoms in total. The van der Waals surface area contributed by atoms with E-state index >= 15 is 0 Å². The van der Waals surface area contributed by atoms with Crippen molar-refractivity contribution in [3.8, 4) is 5.75 Å². The Morgan fingerprint density at radius 2 is 1.73 bits per heavy atom. The van der Waals surface area contributed by atoms with Gasteiger partial charge in [0.15, 0.2) is 0 Å². The van der Waals surface area contributed by atoms with Crippen LogP contribution in [0.1, 0.15) is 31.4 Å². The molecule has 7 heteroatoms. The fourth-order valence-corrected chi connectivity index (χ4v) is 3.46. The van der Waals surface area contributed by atoms with Gasteiger partial charge in [-0.25, -0.2) is 13.2 Å². The molecule has 0 amide bonds. The predicted octanol–water partition coefficient (Wildman–Crippen LogP) is 3.06. The van der Waals surface area contributed by atoms with Crippen LogP contribution in [0.25, 0.3) is 0 Å². The predicted molar refractivity (Wildman–Crippen MR) is 98.4 cm³/mol. The first-order chi connectivity index (χ1) is 12.5. The number of nitrogens with one attached hydrogen (secondary N) is 1. The summed E-state index contributed by atoms with van der Waals surface area (Å²) in [5, 5.41) is 0. The third-order valence-corrected chi connectivity index (χ3v) is 5.18. The average Bonchev–Trinajstić information content (AvgIpc) is 2.67. The first kappa shape index (κ1) is 19.9. The Bertz CT molecular complexity index is 804. The molecule has 0 radical (unpaired) electrons. The quantitative estimate of drug-likeness (QED) is 0.536. The van der Waals surface area contributed by atoms with E-state index in [1.54, 1.807) is 42.5 Å². The molecule has 0 saturated carbocycles. The van der Waals surface area contributed by atoms with Gasteiger partial charge in [-0.2, -0.15) is 4.72 Å². The van der Waals surface area contributed by atoms with Crippen molar-refractivity contribution >= 4 is 16.0 Å². The van der Waals surface area contributed by atoms with Crippen molar-refractivity contribution in [2.75, 3.05) is 13.7 Å². The summed E-state index contributed by atoms with van der Waals surface area (Å²) in [6.07, 6.45) is 1.95. The molecule has 1 unspecified atom stereocenters. The number of esters is 1. The van der Waals surface area contributed by atoms with E-state index in [4.69, 9.17) is 9.47 Å². The lowest BCUT2D eigenvalue weighted by Crippen LogP contribution is -2.34. The zero-order valence-electron chi connectivity index (χ0n) is 14.8. The van der Waals surface area contributed by atoms with Crippen LogP contribution in [0.15, 0.2) is 59.5 Å². The van der Waals surface area contributed by atoms with Crippen LogP contribution in [0.4, 0.5) is 0 Å². The average molecular weight is 377 g/mol. The maximum atomic E-state index is 12.6. The maximum absolute atomic E-state index is 12.6. The Kier molecular flexibility index (Phi) is 7.17. The molecular weight excluding hydrogens is 354 g/mol. The van der Waals surface area contributed by atoms with Crippen LogP contribution >= 0.6 is 0 Å². The van der Waals surface area contributed by atoms with Crippen molar-refractivity contribution in [1.29, 1.82) is 0 Å². The molecule has 0 bridgehead atoms. The highest BCUT2D eigenvalue weighted by Crippen LogP contribution is 2.21. The lowest BCUT2D eigenvalue weighted by molar-refractivity contribution is -0.142. The summed E-state index contributed by atoms with van der Waals surface area (Å²) < 4.78 is 38.0. The fourth-order valence-electron chi connectivity index (χ4n) is 2.29. The van der Waals surface area contributed by atoms with Gasteiger partial charge in [-0.3, -0.25) is 0 Å². The normalized spacial score (nSPS) is 12.4. The first-order valence-corrected chi connectivity index (χ1v) is 9.84. The standard InChI is InChI=1S/C19H23NO5S/c1-3-4-14-25-16-10-12-17(13-11-16)26(22,23)20-18(19(21)24-2)15-8-6-5-7-9-15/h5-13,18,20H,3-4,14H2,1-2H3. The second-order valence-corrected chi connectivity index (χ2v) is 7.38. The van der Waals surface area contributed by atoms with Crippen molar-refractivity contribution in [3.05, 3.63) is 60.2 Å². The second kappa shape index (κ2) is 9.35. The van der Waals surface area contributed by atoms with E-state index in [1.165, 1.54) is 19.2 Å². The van der Waals surface area contributed by atoms with Gasteiger partial charge < -0.3 is 9.47 Å². The highest BCUT2D eigenvalue weighted by Gasteiger charge is 2.27. The van der Waals surface area contributed by atoms with Gasteiger partial charge >= 0.3 is 5.97 Å². The molecule has 1 atom stereocenters. The van der Waals surface area contributed by atoms with Crippen LogP contribution in [0.3, 0.4) is 0 Å². The number of methoxy groups -OCH3 is 1. The molecule has 2 aromatic carbocycles. The molecule has 0 aliphatic carbocycles. The molecule has 2 aromatic rings. The zero-order valence-corrected chi connectivity index (χ0v) is 15.7. The Labute approximate surface area is 154 Å². The van der Waals surface area contributed by atoms with Gasteiger partial charge in [0.2, 0.25) is 10.0 Å². The summed E-state index contributed by atoms with van der Waals surface area (Å²) in [4.78, 5) is 12.1. The number of hydrogen-bond acceptors (Lipinski definition) is 5. The van der Waals surface area contributed by atoms with E-state index in [1.807, 2.05) is 0 Å². The van der Waals surface area contributed by atoms with Crippen LogP contribution in [0.5, 0.6) is 5.75 Å². The van der Waals surface area contributed by atoms with E-state index in [-0.39, 0.29) is 4.90 Å². The number of rotatable bonds is 9. The molecule has 0 aliphatic rings. The van der Waals surface area contributed by atoms with Crippen molar-refractivity contribution in [1.82, 2.24) is 4.72 Å². The van der Waals surface area contributed by atoms with Crippen LogP contribution in [0.2, 0.25) is 0 Å². The highest BCUT2D eigenvalue weighted by molar-refractivity contribution is 7.89. The van der Waals surface area contributed by atoms with Crippen molar-refractivity contribution in [3.63, 3.8) is 0 Å². The van der Waals surface area contributed by atoms with Gasteiger partial charge in [-0.05, 0) is 36.2 Å². The number of benzene rings is 2. The molecule has 0 spiro atoms. The topological polar surface area (TPSA) is 81.7 Å². The third-order valence-electron chi connectivity index (χ3n) is 3.74. The summed E-state index contributed by atoms with van der Waals surface area (Å²) in [6, 6.07) is 13.5. The van der Waals surface area contributed by atoms with Gasteiger partial charge in [0.25, 0.3) is 0 Å². The van der Waals surface area contributed by atoms with E-state index < -0.39 is 22.0 Å². The zero-order chi connectivity index (χ0) is 19.0. The first-order valence-electron chi connectivity index (χ1n) is 8.36. The number of ether oxygens (including phenoxy) is 2. The van der Waals surface area contributed by atoms with Crippen LogP contribution in [-0.4, -0.2) is 28.1 Å². The highest BCUT2D eigenvalue weighted by atomic mass is 32.2. The van der Waals surface area contributed by atoms with E-state index in [9.17, 15) is 13.2 Å². The smallest absolute Gasteiger partial charge is 0.328 e. The summed E-state index contributed by atoms with van der Waals surface area (Å²) in [5.74, 6) is -0.0794. The maximum Gasteiger partial charge on any atom is 0.328 e. The largest absolute Gasteiger partial charge is 0.494 e. The van der Waals surface area contributed by atoms with Crippen LogP contribution in [0, 0.1) is 0 Å². The molecule has 140 valence electrons. The lowest BCUT2D eigenvalue weighted by atomic mass is 10.1. The number of hydrogen-bond donors (Lipinski definition) is 1. The number of carbonyl (C=O) groups is 1. The van der Waals surface area contributed by atoms with Crippen LogP contribution in [-0.2, 0) is 19.6 Å². The Hall–Kier alpha value is -2.38. The molecule has 2 rings (SSSR count). The monoisotopic (exact) mass is 377 g/mol. The summed E-state index contributed by atoms with van der Waals surface area (Å²) in [5.41, 5.74) is 0.502. The Morgan fingerprint density at radius 3 is 2.31 bits per heavy atom.